The molecule has 4 heteroatoms. The largest absolute Gasteiger partial charge is 0.385 e. The first-order chi connectivity index (χ1) is 5.56. The van der Waals surface area contributed by atoms with Gasteiger partial charge in [-0.2, -0.15) is 0 Å². The molecule has 0 aromatic rings. The normalized spacial score (nSPS) is 6.54. The summed E-state index contributed by atoms with van der Waals surface area (Å²) in [6.45, 7) is 8.72. The van der Waals surface area contributed by atoms with Gasteiger partial charge in [0.25, 0.3) is 0 Å². The number of thiocarbonyl (C=S) groups is 1. The van der Waals surface area contributed by atoms with Crippen molar-refractivity contribution in [1.29, 1.82) is 0 Å². The highest BCUT2D eigenvalue weighted by atomic mass is 32.1. The Morgan fingerprint density at radius 1 is 1.00 bits per heavy atom. The summed E-state index contributed by atoms with van der Waals surface area (Å²) in [7, 11) is 0. The highest BCUT2D eigenvalue weighted by Crippen LogP contribution is 1.77. The molecular formula is C9H26N2S2. The summed E-state index contributed by atoms with van der Waals surface area (Å²) in [4.78, 5) is 0. The lowest BCUT2D eigenvalue weighted by atomic mass is 10.4. The van der Waals surface area contributed by atoms with Crippen molar-refractivity contribution < 1.29 is 0 Å². The van der Waals surface area contributed by atoms with Gasteiger partial charge in [-0.3, -0.25) is 0 Å². The fraction of sp³-hybridized carbons (Fsp3) is 0.889. The fourth-order valence-electron chi connectivity index (χ4n) is 0. The lowest BCUT2D eigenvalue weighted by molar-refractivity contribution is 0.886. The first kappa shape index (κ1) is 23.2. The number of hydrogen-bond donors (Lipinski definition) is 3. The van der Waals surface area contributed by atoms with Gasteiger partial charge in [-0.05, 0) is 0 Å². The Hall–Kier alpha value is 0.200. The van der Waals surface area contributed by atoms with Crippen LogP contribution >= 0.6 is 24.8 Å². The number of unbranched alkanes of at least 4 members (excludes halogenated alkanes) is 2. The van der Waals surface area contributed by atoms with E-state index in [9.17, 15) is 0 Å². The quantitative estimate of drug-likeness (QED) is 0.494. The van der Waals surface area contributed by atoms with Crippen molar-refractivity contribution in [3.63, 3.8) is 0 Å². The minimum absolute atomic E-state index is 0. The molecule has 0 aliphatic carbocycles. The van der Waals surface area contributed by atoms with Crippen LogP contribution < -0.4 is 11.9 Å². The Morgan fingerprint density at radius 2 is 1.08 bits per heavy atom. The van der Waals surface area contributed by atoms with E-state index in [1.165, 1.54) is 25.7 Å². The van der Waals surface area contributed by atoms with Gasteiger partial charge in [-0.25, -0.2) is 0 Å². The summed E-state index contributed by atoms with van der Waals surface area (Å²) >= 11 is 7.65. The van der Waals surface area contributed by atoms with Crippen LogP contribution in [0.15, 0.2) is 0 Å². The van der Waals surface area contributed by atoms with Crippen LogP contribution in [0.4, 0.5) is 0 Å². The number of hydrogen-bond acceptors (Lipinski definition) is 2. The van der Waals surface area contributed by atoms with Crippen LogP contribution in [0.3, 0.4) is 0 Å². The van der Waals surface area contributed by atoms with Crippen molar-refractivity contribution in [2.24, 2.45) is 5.73 Å². The van der Waals surface area contributed by atoms with Crippen LogP contribution in [-0.4, -0.2) is 4.32 Å². The zero-order chi connectivity index (χ0) is 10.4. The van der Waals surface area contributed by atoms with Gasteiger partial charge in [-0.1, -0.05) is 65.6 Å². The molecule has 0 unspecified atom stereocenters. The van der Waals surface area contributed by atoms with Gasteiger partial charge < -0.3 is 11.9 Å². The second-order valence-electron chi connectivity index (χ2n) is 2.34. The minimum Gasteiger partial charge on any atom is -0.385 e. The van der Waals surface area contributed by atoms with Gasteiger partial charge in [0.15, 0.2) is 0 Å². The molecule has 0 aliphatic rings. The Morgan fingerprint density at radius 3 is 1.08 bits per heavy atom. The van der Waals surface area contributed by atoms with Crippen molar-refractivity contribution in [3.05, 3.63) is 0 Å². The van der Waals surface area contributed by atoms with Gasteiger partial charge in [0.2, 0.25) is 0 Å². The second kappa shape index (κ2) is 29.5. The zero-order valence-electron chi connectivity index (χ0n) is 9.47. The van der Waals surface area contributed by atoms with E-state index in [4.69, 9.17) is 5.73 Å². The first-order valence-corrected chi connectivity index (χ1v) is 5.40. The molecule has 2 nitrogen and oxygen atoms in total. The Labute approximate surface area is 94.7 Å². The van der Waals surface area contributed by atoms with Crippen molar-refractivity contribution in [3.8, 4) is 0 Å². The van der Waals surface area contributed by atoms with Crippen LogP contribution in [0.2, 0.25) is 0 Å². The van der Waals surface area contributed by atoms with Crippen LogP contribution in [0.1, 0.15) is 53.4 Å². The average Bonchev–Trinajstić information content (AvgIpc) is 2.03. The standard InChI is InChI=1S/2C4H10.CH3NS2.H3N/c2*1-3-4-2;2-1(3)4;/h2*3-4H2,1-2H3;(H3,2,3,4);1H3. The number of nitrogens with two attached hydrogens (primary N) is 1. The molecule has 0 heterocycles. The molecule has 0 aromatic heterocycles. The summed E-state index contributed by atoms with van der Waals surface area (Å²) < 4.78 is 0.194. The van der Waals surface area contributed by atoms with E-state index in [-0.39, 0.29) is 10.5 Å². The molecule has 0 atom stereocenters. The second-order valence-corrected chi connectivity index (χ2v) is 3.56. The maximum Gasteiger partial charge on any atom is 0.128 e. The molecule has 13 heavy (non-hydrogen) atoms. The van der Waals surface area contributed by atoms with Gasteiger partial charge in [0.1, 0.15) is 4.32 Å². The van der Waals surface area contributed by atoms with E-state index < -0.39 is 0 Å². The summed E-state index contributed by atoms with van der Waals surface area (Å²) in [5.74, 6) is 0. The minimum atomic E-state index is 0. The molecule has 0 amide bonds. The molecule has 0 bridgehead atoms. The molecule has 0 radical (unpaired) electrons. The highest BCUT2D eigenvalue weighted by Gasteiger charge is 1.57. The molecule has 5 N–H and O–H groups in total. The number of thiol groups is 1. The van der Waals surface area contributed by atoms with E-state index >= 15 is 0 Å². The summed E-state index contributed by atoms with van der Waals surface area (Å²) in [6.07, 6.45) is 5.28. The summed E-state index contributed by atoms with van der Waals surface area (Å²) in [5, 5.41) is 0. The SMILES string of the molecule is CCCC.CCCC.N.NC(=S)S. The topological polar surface area (TPSA) is 61.0 Å². The number of rotatable bonds is 2. The Bertz CT molecular complexity index is 66.0. The zero-order valence-corrected chi connectivity index (χ0v) is 11.2. The van der Waals surface area contributed by atoms with Gasteiger partial charge >= 0.3 is 0 Å². The lowest BCUT2D eigenvalue weighted by Crippen LogP contribution is -1.94. The molecular weight excluding hydrogens is 200 g/mol. The molecule has 0 aliphatic heterocycles. The highest BCUT2D eigenvalue weighted by molar-refractivity contribution is 8.10. The van der Waals surface area contributed by atoms with E-state index in [1.54, 1.807) is 0 Å². The fourth-order valence-corrected chi connectivity index (χ4v) is 0. The third-order valence-corrected chi connectivity index (χ3v) is 1.000. The first-order valence-electron chi connectivity index (χ1n) is 4.54. The maximum absolute atomic E-state index is 4.71. The molecule has 0 aromatic carbocycles. The van der Waals surface area contributed by atoms with E-state index in [2.05, 4.69) is 52.5 Å². The average molecular weight is 226 g/mol. The van der Waals surface area contributed by atoms with Crippen LogP contribution in [0.25, 0.3) is 0 Å². The van der Waals surface area contributed by atoms with Crippen molar-refractivity contribution in [2.75, 3.05) is 0 Å². The molecule has 0 fully saturated rings. The molecule has 0 saturated carbocycles. The van der Waals surface area contributed by atoms with E-state index in [0.717, 1.165) is 0 Å². The maximum atomic E-state index is 4.71. The van der Waals surface area contributed by atoms with Gasteiger partial charge in [-0.15, -0.1) is 12.6 Å². The van der Waals surface area contributed by atoms with Crippen molar-refractivity contribution in [2.45, 2.75) is 53.4 Å². The smallest absolute Gasteiger partial charge is 0.128 e. The van der Waals surface area contributed by atoms with Crippen LogP contribution in [0, 0.1) is 0 Å². The van der Waals surface area contributed by atoms with E-state index in [0.29, 0.717) is 0 Å². The molecule has 0 saturated heterocycles. The van der Waals surface area contributed by atoms with Gasteiger partial charge in [0, 0.05) is 0 Å². The summed E-state index contributed by atoms with van der Waals surface area (Å²) in [6, 6.07) is 0. The molecule has 0 rings (SSSR count). The lowest BCUT2D eigenvalue weighted by Gasteiger charge is -1.68. The predicted octanol–water partition coefficient (Wildman–Crippen LogP) is 3.93. The summed E-state index contributed by atoms with van der Waals surface area (Å²) in [5.41, 5.74) is 4.71. The third kappa shape index (κ3) is 262. The molecule has 84 valence electrons. The van der Waals surface area contributed by atoms with E-state index in [1.807, 2.05) is 0 Å². The van der Waals surface area contributed by atoms with Crippen molar-refractivity contribution >= 4 is 29.2 Å². The third-order valence-electron chi connectivity index (χ3n) is 1.000. The Balaban J connectivity index is -0.0000000450. The van der Waals surface area contributed by atoms with Crippen LogP contribution in [0.5, 0.6) is 0 Å². The molecule has 0 spiro atoms. The van der Waals surface area contributed by atoms with Crippen LogP contribution in [-0.2, 0) is 0 Å². The predicted molar refractivity (Wildman–Crippen MR) is 72.0 cm³/mol. The Kier molecular flexibility index (Phi) is 52.7. The van der Waals surface area contributed by atoms with Gasteiger partial charge in [0.05, 0.1) is 0 Å². The van der Waals surface area contributed by atoms with Crippen molar-refractivity contribution in [1.82, 2.24) is 6.15 Å². The monoisotopic (exact) mass is 226 g/mol.